The van der Waals surface area contributed by atoms with Crippen LogP contribution in [0.2, 0.25) is 20.1 Å². The molecule has 3 aromatic carbocycles. The predicted octanol–water partition coefficient (Wildman–Crippen LogP) is 8.25. The first-order valence-corrected chi connectivity index (χ1v) is 12.2. The number of carbonyl (C=O) groups excluding carboxylic acids is 1. The fourth-order valence-electron chi connectivity index (χ4n) is 3.88. The Labute approximate surface area is 191 Å². The van der Waals surface area contributed by atoms with Crippen molar-refractivity contribution in [2.75, 3.05) is 0 Å². The summed E-state index contributed by atoms with van der Waals surface area (Å²) in [5.41, 5.74) is 2.21. The van der Waals surface area contributed by atoms with Crippen LogP contribution in [0, 0.1) is 0 Å². The van der Waals surface area contributed by atoms with Gasteiger partial charge in [0.15, 0.2) is 0 Å². The van der Waals surface area contributed by atoms with Crippen LogP contribution in [-0.4, -0.2) is 5.78 Å². The molecule has 29 heavy (non-hydrogen) atoms. The summed E-state index contributed by atoms with van der Waals surface area (Å²) in [5.74, 6) is 0.242. The summed E-state index contributed by atoms with van der Waals surface area (Å²) in [5, 5.41) is 3.31. The van der Waals surface area contributed by atoms with Gasteiger partial charge in [-0.15, -0.1) is 0 Å². The summed E-state index contributed by atoms with van der Waals surface area (Å²) in [6.07, 6.45) is 0.993. The Hall–Kier alpha value is -1.08. The van der Waals surface area contributed by atoms with Gasteiger partial charge in [0.25, 0.3) is 0 Å². The molecule has 3 aromatic rings. The second-order valence-corrected chi connectivity index (χ2v) is 11.3. The van der Waals surface area contributed by atoms with Crippen molar-refractivity contribution in [2.45, 2.75) is 24.2 Å². The van der Waals surface area contributed by atoms with Gasteiger partial charge in [0.05, 0.1) is 20.1 Å². The Morgan fingerprint density at radius 2 is 1.14 bits per heavy atom. The summed E-state index contributed by atoms with van der Waals surface area (Å²) in [6, 6.07) is 21.8. The molecule has 0 bridgehead atoms. The maximum Gasteiger partial charge on any atom is 0.134 e. The second kappa shape index (κ2) is 8.96. The highest BCUT2D eigenvalue weighted by Gasteiger charge is 2.39. The van der Waals surface area contributed by atoms with Crippen molar-refractivity contribution in [3.05, 3.63) is 97.9 Å². The minimum absolute atomic E-state index is 0.0582. The van der Waals surface area contributed by atoms with E-state index in [-0.39, 0.29) is 17.1 Å². The lowest BCUT2D eigenvalue weighted by molar-refractivity contribution is -0.119. The number of hydrogen-bond donors (Lipinski definition) is 0. The molecule has 1 heterocycles. The van der Waals surface area contributed by atoms with Crippen molar-refractivity contribution < 1.29 is 4.79 Å². The molecule has 0 amide bonds. The van der Waals surface area contributed by atoms with Gasteiger partial charge in [-0.05, 0) is 40.7 Å². The molecule has 148 valence electrons. The Bertz CT molecular complexity index is 990. The quantitative estimate of drug-likeness (QED) is 0.344. The Balaban J connectivity index is 1.85. The monoisotopic (exact) mass is 480 g/mol. The highest BCUT2D eigenvalue weighted by Crippen LogP contribution is 2.66. The van der Waals surface area contributed by atoms with Crippen LogP contribution >= 0.6 is 54.3 Å². The molecule has 0 saturated carbocycles. The van der Waals surface area contributed by atoms with E-state index < -0.39 is 7.92 Å². The third-order valence-electron chi connectivity index (χ3n) is 5.22. The smallest absolute Gasteiger partial charge is 0.134 e. The highest BCUT2D eigenvalue weighted by atomic mass is 35.5. The first kappa shape index (κ1) is 21.2. The minimum Gasteiger partial charge on any atom is -0.300 e. The molecule has 1 aliphatic rings. The average Bonchev–Trinajstić information content (AvgIpc) is 2.72. The third kappa shape index (κ3) is 4.50. The van der Waals surface area contributed by atoms with Crippen molar-refractivity contribution >= 4 is 65.4 Å². The lowest BCUT2D eigenvalue weighted by Crippen LogP contribution is -2.23. The molecular formula is C23H17Cl4OP. The van der Waals surface area contributed by atoms with Gasteiger partial charge >= 0.3 is 0 Å². The molecule has 1 fully saturated rings. The molecule has 0 aliphatic carbocycles. The summed E-state index contributed by atoms with van der Waals surface area (Å²) in [4.78, 5) is 12.8. The normalized spacial score (nSPS) is 20.1. The van der Waals surface area contributed by atoms with E-state index in [1.54, 1.807) is 0 Å². The molecular weight excluding hydrogens is 465 g/mol. The van der Waals surface area contributed by atoms with Crippen LogP contribution in [0.1, 0.15) is 35.3 Å². The van der Waals surface area contributed by atoms with E-state index in [9.17, 15) is 4.79 Å². The largest absolute Gasteiger partial charge is 0.300 e. The lowest BCUT2D eigenvalue weighted by atomic mass is 10.00. The van der Waals surface area contributed by atoms with Crippen molar-refractivity contribution in [1.29, 1.82) is 0 Å². The van der Waals surface area contributed by atoms with E-state index in [1.807, 2.05) is 54.6 Å². The number of hydrogen-bond acceptors (Lipinski definition) is 1. The number of carbonyl (C=O) groups is 1. The zero-order valence-electron chi connectivity index (χ0n) is 15.3. The van der Waals surface area contributed by atoms with Crippen molar-refractivity contribution in [1.82, 2.24) is 0 Å². The number of ketones is 1. The minimum atomic E-state index is -0.741. The molecule has 0 unspecified atom stereocenters. The second-order valence-electron chi connectivity index (χ2n) is 7.07. The molecule has 2 atom stereocenters. The maximum absolute atomic E-state index is 12.8. The molecule has 1 saturated heterocycles. The number of Topliss-reactive ketones (excluding diaryl/α,β-unsaturated/α-hetero) is 1. The SMILES string of the molecule is O=C1C[C@H](c2ccc(Cl)c(Cl)c2)P(c2ccccc2)[C@@H](c2ccc(Cl)c(Cl)c2)C1. The van der Waals surface area contributed by atoms with Crippen LogP contribution in [0.3, 0.4) is 0 Å². The van der Waals surface area contributed by atoms with Gasteiger partial charge in [-0.25, -0.2) is 0 Å². The van der Waals surface area contributed by atoms with Crippen LogP contribution < -0.4 is 5.30 Å². The van der Waals surface area contributed by atoms with Crippen molar-refractivity contribution in [2.24, 2.45) is 0 Å². The number of rotatable bonds is 3. The van der Waals surface area contributed by atoms with Crippen molar-refractivity contribution in [3.8, 4) is 0 Å². The number of benzene rings is 3. The topological polar surface area (TPSA) is 17.1 Å². The Morgan fingerprint density at radius 1 is 0.655 bits per heavy atom. The van der Waals surface area contributed by atoms with E-state index in [0.717, 1.165) is 11.1 Å². The van der Waals surface area contributed by atoms with E-state index in [0.29, 0.717) is 32.9 Å². The molecule has 0 N–H and O–H groups in total. The van der Waals surface area contributed by atoms with Gasteiger partial charge in [0.1, 0.15) is 5.78 Å². The van der Waals surface area contributed by atoms with Gasteiger partial charge < -0.3 is 0 Å². The Morgan fingerprint density at radius 3 is 1.59 bits per heavy atom. The van der Waals surface area contributed by atoms with Gasteiger partial charge in [0.2, 0.25) is 0 Å². The first-order chi connectivity index (χ1) is 13.9. The van der Waals surface area contributed by atoms with E-state index in [4.69, 9.17) is 46.4 Å². The van der Waals surface area contributed by atoms with E-state index in [2.05, 4.69) is 12.1 Å². The summed E-state index contributed by atoms with van der Waals surface area (Å²) in [6.45, 7) is 0. The molecule has 0 spiro atoms. The fourth-order valence-corrected chi connectivity index (χ4v) is 7.93. The molecule has 6 heteroatoms. The summed E-state index contributed by atoms with van der Waals surface area (Å²) >= 11 is 24.9. The average molecular weight is 482 g/mol. The lowest BCUT2D eigenvalue weighted by Gasteiger charge is -2.39. The molecule has 0 radical (unpaired) electrons. The van der Waals surface area contributed by atoms with Crippen LogP contribution in [0.4, 0.5) is 0 Å². The summed E-state index contributed by atoms with van der Waals surface area (Å²) < 4.78 is 0. The fraction of sp³-hybridized carbons (Fsp3) is 0.174. The zero-order chi connectivity index (χ0) is 20.5. The first-order valence-electron chi connectivity index (χ1n) is 9.19. The van der Waals surface area contributed by atoms with E-state index >= 15 is 0 Å². The molecule has 1 aliphatic heterocycles. The van der Waals surface area contributed by atoms with Crippen LogP contribution in [0.25, 0.3) is 0 Å². The van der Waals surface area contributed by atoms with Crippen molar-refractivity contribution in [3.63, 3.8) is 0 Å². The zero-order valence-corrected chi connectivity index (χ0v) is 19.2. The molecule has 4 rings (SSSR count). The third-order valence-corrected chi connectivity index (χ3v) is 9.90. The van der Waals surface area contributed by atoms with Gasteiger partial charge in [0, 0.05) is 24.2 Å². The van der Waals surface area contributed by atoms with Gasteiger partial charge in [-0.1, -0.05) is 96.8 Å². The molecule has 1 nitrogen and oxygen atoms in total. The van der Waals surface area contributed by atoms with E-state index in [1.165, 1.54) is 5.30 Å². The summed E-state index contributed by atoms with van der Waals surface area (Å²) in [7, 11) is -0.741. The Kier molecular flexibility index (Phi) is 6.54. The van der Waals surface area contributed by atoms with Gasteiger partial charge in [-0.3, -0.25) is 4.79 Å². The van der Waals surface area contributed by atoms with Gasteiger partial charge in [-0.2, -0.15) is 0 Å². The van der Waals surface area contributed by atoms with Crippen LogP contribution in [0.15, 0.2) is 66.7 Å². The standard InChI is InChI=1S/C23H17Cl4OP/c24-18-8-6-14(10-20(18)26)22-12-16(28)13-23(15-7-9-19(25)21(27)11-15)29(22)17-4-2-1-3-5-17/h1-11,22-23H,12-13H2/t22-,23-/m1/s1. The van der Waals surface area contributed by atoms with Crippen LogP contribution in [0.5, 0.6) is 0 Å². The molecule has 0 aromatic heterocycles. The maximum atomic E-state index is 12.8. The predicted molar refractivity (Wildman–Crippen MR) is 126 cm³/mol. The number of halogens is 4. The van der Waals surface area contributed by atoms with Crippen LogP contribution in [-0.2, 0) is 4.79 Å². The highest BCUT2D eigenvalue weighted by molar-refractivity contribution is 7.66.